The second kappa shape index (κ2) is 11.0. The standard InChI is InChI=1S/C29H30N4O7S2/c1-29(2,41(3,35)36)28-32-31-26(40-28)21-13-14-25-24(15-21)33(27(34)23(30)18-42(25,37)38)16-19-9-11-20(12-10-19)17-39-22-7-5-4-6-8-22/h4-15,23H,16-18,30H2,1-3H3/t23-/m0/s1. The van der Waals surface area contributed by atoms with Gasteiger partial charge in [0, 0.05) is 11.8 Å². The van der Waals surface area contributed by atoms with E-state index in [2.05, 4.69) is 10.2 Å². The van der Waals surface area contributed by atoms with Crippen LogP contribution >= 0.6 is 0 Å². The largest absolute Gasteiger partial charge is 0.489 e. The van der Waals surface area contributed by atoms with E-state index in [4.69, 9.17) is 14.9 Å². The maximum absolute atomic E-state index is 13.4. The number of nitrogens with two attached hydrogens (primary N) is 1. The summed E-state index contributed by atoms with van der Waals surface area (Å²) < 4.78 is 60.9. The van der Waals surface area contributed by atoms with Crippen LogP contribution in [0.3, 0.4) is 0 Å². The summed E-state index contributed by atoms with van der Waals surface area (Å²) in [4.78, 5) is 14.7. The van der Waals surface area contributed by atoms with Crippen LogP contribution in [0.25, 0.3) is 11.5 Å². The zero-order valence-electron chi connectivity index (χ0n) is 23.2. The van der Waals surface area contributed by atoms with Crippen LogP contribution in [0.2, 0.25) is 0 Å². The van der Waals surface area contributed by atoms with E-state index in [0.29, 0.717) is 12.2 Å². The van der Waals surface area contributed by atoms with Crippen molar-refractivity contribution in [2.24, 2.45) is 5.73 Å². The molecule has 220 valence electrons. The van der Waals surface area contributed by atoms with Crippen molar-refractivity contribution in [2.45, 2.75) is 42.7 Å². The zero-order chi connectivity index (χ0) is 30.3. The molecule has 0 aliphatic carbocycles. The molecule has 3 aromatic carbocycles. The van der Waals surface area contributed by atoms with E-state index < -0.39 is 42.1 Å². The van der Waals surface area contributed by atoms with Crippen molar-refractivity contribution in [3.8, 4) is 17.2 Å². The maximum atomic E-state index is 13.4. The molecule has 0 bridgehead atoms. The average Bonchev–Trinajstić information content (AvgIpc) is 3.44. The fraction of sp³-hybridized carbons (Fsp3) is 0.276. The van der Waals surface area contributed by atoms with Gasteiger partial charge in [-0.05, 0) is 55.3 Å². The van der Waals surface area contributed by atoms with E-state index in [-0.39, 0.29) is 28.9 Å². The molecule has 11 nitrogen and oxygen atoms in total. The minimum absolute atomic E-state index is 0.0226. The van der Waals surface area contributed by atoms with E-state index >= 15 is 0 Å². The Labute approximate surface area is 244 Å². The highest BCUT2D eigenvalue weighted by atomic mass is 32.2. The number of rotatable bonds is 8. The number of carbonyl (C=O) groups is 1. The Morgan fingerprint density at radius 1 is 1.02 bits per heavy atom. The number of hydrogen-bond donors (Lipinski definition) is 1. The lowest BCUT2D eigenvalue weighted by atomic mass is 10.1. The number of fused-ring (bicyclic) bond motifs is 1. The lowest BCUT2D eigenvalue weighted by Gasteiger charge is -2.24. The summed E-state index contributed by atoms with van der Waals surface area (Å²) in [6, 6.07) is 19.9. The van der Waals surface area contributed by atoms with Crippen LogP contribution in [0.5, 0.6) is 5.75 Å². The van der Waals surface area contributed by atoms with Crippen molar-refractivity contribution < 1.29 is 30.8 Å². The normalized spacial score (nSPS) is 17.0. The molecule has 0 saturated carbocycles. The van der Waals surface area contributed by atoms with Gasteiger partial charge in [0.2, 0.25) is 17.7 Å². The van der Waals surface area contributed by atoms with Gasteiger partial charge in [-0.15, -0.1) is 10.2 Å². The number of amides is 1. The monoisotopic (exact) mass is 610 g/mol. The number of carbonyl (C=O) groups excluding carboxylic acids is 1. The molecule has 42 heavy (non-hydrogen) atoms. The van der Waals surface area contributed by atoms with Gasteiger partial charge in [-0.2, -0.15) is 0 Å². The first-order valence-electron chi connectivity index (χ1n) is 13.0. The highest BCUT2D eigenvalue weighted by molar-refractivity contribution is 7.92. The Balaban J connectivity index is 1.47. The van der Waals surface area contributed by atoms with Crippen LogP contribution < -0.4 is 15.4 Å². The summed E-state index contributed by atoms with van der Waals surface area (Å²) >= 11 is 0. The molecular formula is C29H30N4O7S2. The Kier molecular flexibility index (Phi) is 7.68. The molecule has 4 aromatic rings. The molecule has 1 aromatic heterocycles. The molecule has 1 aliphatic rings. The van der Waals surface area contributed by atoms with Gasteiger partial charge in [0.15, 0.2) is 19.7 Å². The molecule has 2 N–H and O–H groups in total. The third-order valence-corrected chi connectivity index (χ3v) is 11.0. The Bertz CT molecular complexity index is 1840. The average molecular weight is 611 g/mol. The lowest BCUT2D eigenvalue weighted by molar-refractivity contribution is -0.119. The van der Waals surface area contributed by atoms with Gasteiger partial charge < -0.3 is 19.8 Å². The van der Waals surface area contributed by atoms with Gasteiger partial charge in [-0.25, -0.2) is 16.8 Å². The number of hydrogen-bond acceptors (Lipinski definition) is 10. The number of sulfone groups is 2. The van der Waals surface area contributed by atoms with Crippen LogP contribution in [0, 0.1) is 0 Å². The van der Waals surface area contributed by atoms with Crippen LogP contribution in [-0.2, 0) is 42.4 Å². The first-order valence-corrected chi connectivity index (χ1v) is 16.5. The quantitative estimate of drug-likeness (QED) is 0.313. The first-order chi connectivity index (χ1) is 19.8. The molecule has 13 heteroatoms. The molecule has 2 heterocycles. The van der Waals surface area contributed by atoms with Gasteiger partial charge in [-0.3, -0.25) is 4.79 Å². The van der Waals surface area contributed by atoms with Gasteiger partial charge in [0.25, 0.3) is 0 Å². The second-order valence-corrected chi connectivity index (χ2v) is 15.2. The Morgan fingerprint density at radius 3 is 2.36 bits per heavy atom. The highest BCUT2D eigenvalue weighted by Gasteiger charge is 2.39. The smallest absolute Gasteiger partial charge is 0.247 e. The zero-order valence-corrected chi connectivity index (χ0v) is 24.9. The number of anilines is 1. The van der Waals surface area contributed by atoms with Crippen LogP contribution in [0.4, 0.5) is 5.69 Å². The van der Waals surface area contributed by atoms with E-state index in [9.17, 15) is 21.6 Å². The Morgan fingerprint density at radius 2 is 1.69 bits per heavy atom. The summed E-state index contributed by atoms with van der Waals surface area (Å²) in [6.45, 7) is 3.30. The number of aromatic nitrogens is 2. The molecule has 0 radical (unpaired) electrons. The van der Waals surface area contributed by atoms with Gasteiger partial charge in [-0.1, -0.05) is 42.5 Å². The van der Waals surface area contributed by atoms with Gasteiger partial charge in [0.1, 0.15) is 17.1 Å². The summed E-state index contributed by atoms with van der Waals surface area (Å²) in [6.07, 6.45) is 1.07. The van der Waals surface area contributed by atoms with E-state index in [0.717, 1.165) is 23.1 Å². The number of nitrogens with zero attached hydrogens (tertiary/aromatic N) is 3. The van der Waals surface area contributed by atoms with Crippen LogP contribution in [0.1, 0.15) is 30.9 Å². The number of para-hydroxylation sites is 1. The van der Waals surface area contributed by atoms with Crippen LogP contribution in [0.15, 0.2) is 82.1 Å². The predicted molar refractivity (Wildman–Crippen MR) is 156 cm³/mol. The summed E-state index contributed by atoms with van der Waals surface area (Å²) in [5, 5.41) is 7.92. The van der Waals surface area contributed by atoms with E-state index in [1.54, 1.807) is 0 Å². The van der Waals surface area contributed by atoms with Crippen molar-refractivity contribution in [1.29, 1.82) is 0 Å². The van der Waals surface area contributed by atoms with E-state index in [1.807, 2.05) is 54.6 Å². The lowest BCUT2D eigenvalue weighted by Crippen LogP contribution is -2.45. The molecule has 0 spiro atoms. The molecule has 1 atom stereocenters. The SMILES string of the molecule is CC(C)(c1nnc(-c2ccc3c(c2)N(Cc2ccc(COc4ccccc4)cc2)C(=O)[C@@H](N)CS3(=O)=O)o1)S(C)(=O)=O. The van der Waals surface area contributed by atoms with Crippen molar-refractivity contribution in [2.75, 3.05) is 16.9 Å². The molecule has 0 unspecified atom stereocenters. The highest BCUT2D eigenvalue weighted by Crippen LogP contribution is 2.36. The minimum atomic E-state index is -3.91. The molecule has 0 saturated heterocycles. The molecule has 0 fully saturated rings. The summed E-state index contributed by atoms with van der Waals surface area (Å²) in [7, 11) is -7.50. The second-order valence-electron chi connectivity index (χ2n) is 10.6. The third kappa shape index (κ3) is 5.80. The van der Waals surface area contributed by atoms with Crippen molar-refractivity contribution in [1.82, 2.24) is 10.2 Å². The topological polar surface area (TPSA) is 163 Å². The van der Waals surface area contributed by atoms with Gasteiger partial charge in [0.05, 0.1) is 28.9 Å². The van der Waals surface area contributed by atoms with Crippen molar-refractivity contribution in [3.63, 3.8) is 0 Å². The van der Waals surface area contributed by atoms with Crippen molar-refractivity contribution >= 4 is 31.3 Å². The summed E-state index contributed by atoms with van der Waals surface area (Å²) in [5.74, 6) is -0.500. The first kappa shape index (κ1) is 29.4. The molecular weight excluding hydrogens is 580 g/mol. The summed E-state index contributed by atoms with van der Waals surface area (Å²) in [5.41, 5.74) is 8.13. The van der Waals surface area contributed by atoms with E-state index in [1.165, 1.54) is 36.9 Å². The van der Waals surface area contributed by atoms with Gasteiger partial charge >= 0.3 is 0 Å². The van der Waals surface area contributed by atoms with Crippen molar-refractivity contribution in [3.05, 3.63) is 89.8 Å². The predicted octanol–water partition coefficient (Wildman–Crippen LogP) is 3.24. The molecule has 1 amide bonds. The Hall–Kier alpha value is -4.07. The molecule has 5 rings (SSSR count). The minimum Gasteiger partial charge on any atom is -0.489 e. The fourth-order valence-corrected chi connectivity index (χ4v) is 6.31. The third-order valence-electron chi connectivity index (χ3n) is 7.19. The molecule has 1 aliphatic heterocycles. The maximum Gasteiger partial charge on any atom is 0.247 e. The van der Waals surface area contributed by atoms with Crippen LogP contribution in [-0.4, -0.2) is 51.0 Å². The fourth-order valence-electron chi connectivity index (χ4n) is 4.35. The number of ether oxygens (including phenoxy) is 1. The number of benzene rings is 3.